The van der Waals surface area contributed by atoms with E-state index in [9.17, 15) is 4.79 Å². The minimum absolute atomic E-state index is 0.0246. The summed E-state index contributed by atoms with van der Waals surface area (Å²) in [6, 6.07) is 13.6. The fourth-order valence-electron chi connectivity index (χ4n) is 4.10. The third-order valence-electron chi connectivity index (χ3n) is 5.89. The van der Waals surface area contributed by atoms with Gasteiger partial charge < -0.3 is 4.90 Å². The molecule has 0 atom stereocenters. The average Bonchev–Trinajstić information content (AvgIpc) is 2.88. The van der Waals surface area contributed by atoms with Crippen LogP contribution < -0.4 is 0 Å². The van der Waals surface area contributed by atoms with E-state index >= 15 is 0 Å². The van der Waals surface area contributed by atoms with Gasteiger partial charge in [0.25, 0.3) is 5.91 Å². The largest absolute Gasteiger partial charge is 0.335 e. The molecule has 1 aliphatic heterocycles. The Hall–Kier alpha value is -3.71. The van der Waals surface area contributed by atoms with Crippen molar-refractivity contribution in [1.29, 1.82) is 0 Å². The number of carbonyl (C=O) groups is 1. The normalized spacial score (nSPS) is 14.6. The van der Waals surface area contributed by atoms with Gasteiger partial charge in [-0.25, -0.2) is 4.98 Å². The minimum Gasteiger partial charge on any atom is -0.335 e. The summed E-state index contributed by atoms with van der Waals surface area (Å²) in [5.74, 6) is -0.0246. The van der Waals surface area contributed by atoms with Crippen LogP contribution in [0.15, 0.2) is 73.4 Å². The van der Waals surface area contributed by atoms with Crippen molar-refractivity contribution >= 4 is 16.8 Å². The van der Waals surface area contributed by atoms with Gasteiger partial charge in [0.05, 0.1) is 5.52 Å². The molecule has 1 saturated heterocycles. The van der Waals surface area contributed by atoms with Crippen LogP contribution >= 0.6 is 0 Å². The molecular weight excluding hydrogens is 400 g/mol. The van der Waals surface area contributed by atoms with E-state index < -0.39 is 0 Å². The van der Waals surface area contributed by atoms with Gasteiger partial charge in [-0.15, -0.1) is 0 Å². The van der Waals surface area contributed by atoms with Gasteiger partial charge in [-0.3, -0.25) is 24.6 Å². The van der Waals surface area contributed by atoms with Crippen molar-refractivity contribution in [1.82, 2.24) is 29.7 Å². The number of aromatic nitrogens is 4. The SMILES string of the molecule is O=C(c1cc(-c2ccncc2)c2cnccc2n1)N1CCN(CCc2ccccn2)CC1. The molecule has 160 valence electrons. The molecule has 5 rings (SSSR count). The number of carbonyl (C=O) groups excluding carboxylic acids is 1. The maximum Gasteiger partial charge on any atom is 0.272 e. The van der Waals surface area contributed by atoms with Crippen LogP contribution in [0.25, 0.3) is 22.0 Å². The van der Waals surface area contributed by atoms with E-state index in [4.69, 9.17) is 0 Å². The van der Waals surface area contributed by atoms with Crippen molar-refractivity contribution in [3.05, 3.63) is 84.8 Å². The first kappa shape index (κ1) is 20.2. The number of piperazine rings is 1. The number of fused-ring (bicyclic) bond motifs is 1. The maximum atomic E-state index is 13.3. The molecule has 5 heterocycles. The van der Waals surface area contributed by atoms with E-state index in [1.807, 2.05) is 47.5 Å². The van der Waals surface area contributed by atoms with Crippen molar-refractivity contribution in [2.45, 2.75) is 6.42 Å². The molecule has 0 spiro atoms. The van der Waals surface area contributed by atoms with Crippen LogP contribution in [0, 0.1) is 0 Å². The monoisotopic (exact) mass is 424 g/mol. The molecule has 4 aromatic rings. The van der Waals surface area contributed by atoms with Gasteiger partial charge in [0.15, 0.2) is 0 Å². The van der Waals surface area contributed by atoms with Crippen LogP contribution in [0.3, 0.4) is 0 Å². The second-order valence-corrected chi connectivity index (χ2v) is 7.89. The van der Waals surface area contributed by atoms with Crippen LogP contribution in [-0.4, -0.2) is 68.4 Å². The van der Waals surface area contributed by atoms with E-state index in [-0.39, 0.29) is 5.91 Å². The van der Waals surface area contributed by atoms with Gasteiger partial charge in [0, 0.05) is 81.2 Å². The third-order valence-corrected chi connectivity index (χ3v) is 5.89. The fourth-order valence-corrected chi connectivity index (χ4v) is 4.10. The van der Waals surface area contributed by atoms with E-state index in [0.29, 0.717) is 18.8 Å². The van der Waals surface area contributed by atoms with Crippen molar-refractivity contribution in [3.63, 3.8) is 0 Å². The highest BCUT2D eigenvalue weighted by atomic mass is 16.2. The standard InChI is InChI=1S/C25H24N6O/c32-25(31-15-13-30(14-16-31)12-7-20-3-1-2-8-28-20)24-17-21(19-4-9-26-10-5-19)22-18-27-11-6-23(22)29-24/h1-6,8-11,17-18H,7,12-16H2. The lowest BCUT2D eigenvalue weighted by molar-refractivity contribution is 0.0633. The predicted octanol–water partition coefficient (Wildman–Crippen LogP) is 3.09. The molecule has 0 saturated carbocycles. The van der Waals surface area contributed by atoms with E-state index in [2.05, 4.69) is 30.9 Å². The molecule has 1 aliphatic rings. The van der Waals surface area contributed by atoms with Crippen molar-refractivity contribution in [2.24, 2.45) is 0 Å². The number of hydrogen-bond donors (Lipinski definition) is 0. The Balaban J connectivity index is 1.31. The topological polar surface area (TPSA) is 75.1 Å². The Morgan fingerprint density at radius 1 is 0.906 bits per heavy atom. The van der Waals surface area contributed by atoms with Gasteiger partial charge in [0.2, 0.25) is 0 Å². The smallest absolute Gasteiger partial charge is 0.272 e. The van der Waals surface area contributed by atoms with Gasteiger partial charge >= 0.3 is 0 Å². The molecule has 7 nitrogen and oxygen atoms in total. The zero-order chi connectivity index (χ0) is 21.8. The molecule has 4 aromatic heterocycles. The van der Waals surface area contributed by atoms with E-state index in [0.717, 1.165) is 53.8 Å². The number of hydrogen-bond acceptors (Lipinski definition) is 6. The Labute approximate surface area is 186 Å². The van der Waals surface area contributed by atoms with Gasteiger partial charge in [-0.2, -0.15) is 0 Å². The minimum atomic E-state index is -0.0246. The highest BCUT2D eigenvalue weighted by Gasteiger charge is 2.24. The molecule has 7 heteroatoms. The number of amides is 1. The second kappa shape index (κ2) is 9.20. The summed E-state index contributed by atoms with van der Waals surface area (Å²) in [5, 5.41) is 0.926. The first-order chi connectivity index (χ1) is 15.8. The van der Waals surface area contributed by atoms with Crippen molar-refractivity contribution in [3.8, 4) is 11.1 Å². The second-order valence-electron chi connectivity index (χ2n) is 7.89. The summed E-state index contributed by atoms with van der Waals surface area (Å²) in [6.07, 6.45) is 9.77. The molecule has 1 fully saturated rings. The summed E-state index contributed by atoms with van der Waals surface area (Å²) in [5.41, 5.74) is 4.28. The van der Waals surface area contributed by atoms with Crippen LogP contribution in [0.5, 0.6) is 0 Å². The van der Waals surface area contributed by atoms with Crippen LogP contribution in [0.2, 0.25) is 0 Å². The number of rotatable bonds is 5. The van der Waals surface area contributed by atoms with E-state index in [1.54, 1.807) is 24.8 Å². The summed E-state index contributed by atoms with van der Waals surface area (Å²) in [7, 11) is 0. The molecule has 0 aromatic carbocycles. The Morgan fingerprint density at radius 2 is 1.72 bits per heavy atom. The number of nitrogens with zero attached hydrogens (tertiary/aromatic N) is 6. The van der Waals surface area contributed by atoms with Gasteiger partial charge in [-0.1, -0.05) is 6.07 Å². The average molecular weight is 425 g/mol. The van der Waals surface area contributed by atoms with Gasteiger partial charge in [0.1, 0.15) is 5.69 Å². The molecule has 0 bridgehead atoms. The zero-order valence-electron chi connectivity index (χ0n) is 17.8. The molecule has 1 amide bonds. The summed E-state index contributed by atoms with van der Waals surface area (Å²) < 4.78 is 0. The number of pyridine rings is 4. The zero-order valence-corrected chi connectivity index (χ0v) is 17.8. The highest BCUT2D eigenvalue weighted by molar-refractivity contribution is 6.01. The van der Waals surface area contributed by atoms with Crippen LogP contribution in [-0.2, 0) is 6.42 Å². The van der Waals surface area contributed by atoms with Crippen molar-refractivity contribution in [2.75, 3.05) is 32.7 Å². The summed E-state index contributed by atoms with van der Waals surface area (Å²) >= 11 is 0. The molecule has 0 N–H and O–H groups in total. The summed E-state index contributed by atoms with van der Waals surface area (Å²) in [4.78, 5) is 35.0. The fraction of sp³-hybridized carbons (Fsp3) is 0.240. The summed E-state index contributed by atoms with van der Waals surface area (Å²) in [6.45, 7) is 4.05. The Bertz CT molecular complexity index is 1210. The molecular formula is C25H24N6O. The molecule has 0 aliphatic carbocycles. The lowest BCUT2D eigenvalue weighted by Gasteiger charge is -2.34. The Kier molecular flexibility index (Phi) is 5.81. The maximum absolute atomic E-state index is 13.3. The quantitative estimate of drug-likeness (QED) is 0.490. The van der Waals surface area contributed by atoms with Crippen LogP contribution in [0.4, 0.5) is 0 Å². The highest BCUT2D eigenvalue weighted by Crippen LogP contribution is 2.28. The van der Waals surface area contributed by atoms with Crippen molar-refractivity contribution < 1.29 is 4.79 Å². The lowest BCUT2D eigenvalue weighted by atomic mass is 10.0. The Morgan fingerprint density at radius 3 is 2.50 bits per heavy atom. The first-order valence-electron chi connectivity index (χ1n) is 10.8. The molecule has 0 radical (unpaired) electrons. The van der Waals surface area contributed by atoms with Crippen LogP contribution in [0.1, 0.15) is 16.2 Å². The van der Waals surface area contributed by atoms with Gasteiger partial charge in [-0.05, 0) is 47.5 Å². The predicted molar refractivity (Wildman–Crippen MR) is 123 cm³/mol. The molecule has 32 heavy (non-hydrogen) atoms. The lowest BCUT2D eigenvalue weighted by Crippen LogP contribution is -2.49. The molecule has 0 unspecified atom stereocenters. The van der Waals surface area contributed by atoms with E-state index in [1.165, 1.54) is 0 Å². The third kappa shape index (κ3) is 4.33. The first-order valence-corrected chi connectivity index (χ1v) is 10.8.